The highest BCUT2D eigenvalue weighted by molar-refractivity contribution is 5.77. The number of carboxylic acids is 1. The molecule has 7 heteroatoms. The lowest BCUT2D eigenvalue weighted by Crippen LogP contribution is -2.38. The number of aromatic nitrogens is 1. The molecule has 0 saturated carbocycles. The van der Waals surface area contributed by atoms with Crippen LogP contribution in [0.15, 0.2) is 10.6 Å². The molecule has 1 saturated heterocycles. The first-order chi connectivity index (χ1) is 8.97. The number of oxazole rings is 1. The van der Waals surface area contributed by atoms with Crippen molar-refractivity contribution in [3.8, 4) is 0 Å². The third-order valence-corrected chi connectivity index (χ3v) is 3.28. The fraction of sp³-hybridized carbons (Fsp3) is 0.583. The lowest BCUT2D eigenvalue weighted by atomic mass is 9.99. The summed E-state index contributed by atoms with van der Waals surface area (Å²) in [5.41, 5.74) is 0. The van der Waals surface area contributed by atoms with E-state index in [4.69, 9.17) is 9.52 Å². The number of nitrogens with zero attached hydrogens (tertiary/aromatic N) is 2. The number of rotatable bonds is 3. The second-order valence-corrected chi connectivity index (χ2v) is 4.85. The SMILES string of the molecule is Cc1cnc(CNC(=O)N2CC(C)C(C(=O)O)C2)o1. The highest BCUT2D eigenvalue weighted by Gasteiger charge is 2.36. The van der Waals surface area contributed by atoms with Gasteiger partial charge in [-0.2, -0.15) is 0 Å². The summed E-state index contributed by atoms with van der Waals surface area (Å²) in [6, 6.07) is -0.286. The molecule has 0 aliphatic carbocycles. The zero-order valence-corrected chi connectivity index (χ0v) is 10.9. The summed E-state index contributed by atoms with van der Waals surface area (Å²) >= 11 is 0. The number of likely N-dealkylation sites (tertiary alicyclic amines) is 1. The molecule has 1 aromatic rings. The Kier molecular flexibility index (Phi) is 3.73. The molecule has 19 heavy (non-hydrogen) atoms. The van der Waals surface area contributed by atoms with E-state index < -0.39 is 11.9 Å². The topological polar surface area (TPSA) is 95.7 Å². The van der Waals surface area contributed by atoms with Gasteiger partial charge in [-0.15, -0.1) is 0 Å². The molecule has 2 N–H and O–H groups in total. The number of aryl methyl sites for hydroxylation is 1. The molecule has 1 aliphatic heterocycles. The van der Waals surface area contributed by atoms with Crippen LogP contribution in [0.1, 0.15) is 18.6 Å². The number of amides is 2. The zero-order chi connectivity index (χ0) is 14.0. The van der Waals surface area contributed by atoms with E-state index in [0.717, 1.165) is 0 Å². The molecule has 2 unspecified atom stereocenters. The normalized spacial score (nSPS) is 22.5. The van der Waals surface area contributed by atoms with Crippen molar-refractivity contribution in [2.45, 2.75) is 20.4 Å². The van der Waals surface area contributed by atoms with Gasteiger partial charge in [0, 0.05) is 13.1 Å². The van der Waals surface area contributed by atoms with Gasteiger partial charge in [0.05, 0.1) is 18.7 Å². The summed E-state index contributed by atoms with van der Waals surface area (Å²) in [6.07, 6.45) is 1.58. The summed E-state index contributed by atoms with van der Waals surface area (Å²) in [4.78, 5) is 28.4. The summed E-state index contributed by atoms with van der Waals surface area (Å²) < 4.78 is 5.24. The number of hydrogen-bond donors (Lipinski definition) is 2. The van der Waals surface area contributed by atoms with Crippen LogP contribution >= 0.6 is 0 Å². The van der Waals surface area contributed by atoms with E-state index in [-0.39, 0.29) is 25.0 Å². The molecular formula is C12H17N3O4. The van der Waals surface area contributed by atoms with Gasteiger partial charge < -0.3 is 19.7 Å². The average molecular weight is 267 g/mol. The average Bonchev–Trinajstić information content (AvgIpc) is 2.92. The molecule has 2 rings (SSSR count). The van der Waals surface area contributed by atoms with E-state index in [1.54, 1.807) is 13.1 Å². The van der Waals surface area contributed by atoms with Gasteiger partial charge in [-0.1, -0.05) is 6.92 Å². The number of aliphatic carboxylic acids is 1. The van der Waals surface area contributed by atoms with Gasteiger partial charge in [0.25, 0.3) is 0 Å². The Bertz CT molecular complexity index is 485. The van der Waals surface area contributed by atoms with Gasteiger partial charge in [-0.25, -0.2) is 9.78 Å². The molecule has 0 spiro atoms. The summed E-state index contributed by atoms with van der Waals surface area (Å²) in [6.45, 7) is 4.51. The summed E-state index contributed by atoms with van der Waals surface area (Å²) in [5, 5.41) is 11.7. The van der Waals surface area contributed by atoms with Crippen LogP contribution < -0.4 is 5.32 Å². The van der Waals surface area contributed by atoms with E-state index in [2.05, 4.69) is 10.3 Å². The Labute approximate surface area is 110 Å². The number of urea groups is 1. The number of carbonyl (C=O) groups excluding carboxylic acids is 1. The predicted octanol–water partition coefficient (Wildman–Crippen LogP) is 0.845. The maximum Gasteiger partial charge on any atom is 0.317 e. The van der Waals surface area contributed by atoms with Crippen LogP contribution in [0.3, 0.4) is 0 Å². The van der Waals surface area contributed by atoms with Gasteiger partial charge in [-0.05, 0) is 12.8 Å². The molecule has 1 aliphatic rings. The zero-order valence-electron chi connectivity index (χ0n) is 10.9. The first kappa shape index (κ1) is 13.4. The first-order valence-electron chi connectivity index (χ1n) is 6.14. The van der Waals surface area contributed by atoms with Crippen molar-refractivity contribution in [1.82, 2.24) is 15.2 Å². The van der Waals surface area contributed by atoms with E-state index in [1.807, 2.05) is 6.92 Å². The number of hydrogen-bond acceptors (Lipinski definition) is 4. The Morgan fingerprint density at radius 2 is 2.32 bits per heavy atom. The second-order valence-electron chi connectivity index (χ2n) is 4.85. The maximum atomic E-state index is 11.9. The summed E-state index contributed by atoms with van der Waals surface area (Å²) in [7, 11) is 0. The van der Waals surface area contributed by atoms with Crippen LogP contribution in [0.5, 0.6) is 0 Å². The molecule has 1 aromatic heterocycles. The first-order valence-corrected chi connectivity index (χ1v) is 6.14. The minimum absolute atomic E-state index is 0.0350. The van der Waals surface area contributed by atoms with Gasteiger partial charge in [0.15, 0.2) is 0 Å². The van der Waals surface area contributed by atoms with Crippen LogP contribution in [-0.4, -0.2) is 40.1 Å². The predicted molar refractivity (Wildman–Crippen MR) is 65.3 cm³/mol. The Morgan fingerprint density at radius 3 is 2.84 bits per heavy atom. The van der Waals surface area contributed by atoms with Crippen LogP contribution in [0.2, 0.25) is 0 Å². The van der Waals surface area contributed by atoms with Crippen molar-refractivity contribution in [1.29, 1.82) is 0 Å². The van der Waals surface area contributed by atoms with Crippen LogP contribution in [-0.2, 0) is 11.3 Å². The van der Waals surface area contributed by atoms with E-state index in [0.29, 0.717) is 18.2 Å². The summed E-state index contributed by atoms with van der Waals surface area (Å²) in [5.74, 6) is -0.258. The second kappa shape index (κ2) is 5.29. The van der Waals surface area contributed by atoms with Gasteiger partial charge in [0.2, 0.25) is 5.89 Å². The number of carbonyl (C=O) groups is 2. The molecule has 2 atom stereocenters. The Hall–Kier alpha value is -2.05. The van der Waals surface area contributed by atoms with Gasteiger partial charge in [-0.3, -0.25) is 4.79 Å². The van der Waals surface area contributed by atoms with Crippen LogP contribution in [0.25, 0.3) is 0 Å². The van der Waals surface area contributed by atoms with Crippen molar-refractivity contribution >= 4 is 12.0 Å². The highest BCUT2D eigenvalue weighted by Crippen LogP contribution is 2.23. The fourth-order valence-corrected chi connectivity index (χ4v) is 2.20. The van der Waals surface area contributed by atoms with E-state index in [1.165, 1.54) is 4.90 Å². The Morgan fingerprint density at radius 1 is 1.58 bits per heavy atom. The van der Waals surface area contributed by atoms with Gasteiger partial charge >= 0.3 is 12.0 Å². The van der Waals surface area contributed by atoms with Crippen LogP contribution in [0, 0.1) is 18.8 Å². The standard InChI is InChI=1S/C12H17N3O4/c1-7-5-15(6-9(7)11(16)17)12(18)14-4-10-13-3-8(2)19-10/h3,7,9H,4-6H2,1-2H3,(H,14,18)(H,16,17). The molecule has 2 amide bonds. The van der Waals surface area contributed by atoms with E-state index in [9.17, 15) is 9.59 Å². The lowest BCUT2D eigenvalue weighted by molar-refractivity contribution is -0.142. The number of carboxylic acid groups (broad SMARTS) is 1. The van der Waals surface area contributed by atoms with E-state index >= 15 is 0 Å². The molecular weight excluding hydrogens is 250 g/mol. The van der Waals surface area contributed by atoms with Crippen molar-refractivity contribution in [2.24, 2.45) is 11.8 Å². The molecule has 0 radical (unpaired) electrons. The fourth-order valence-electron chi connectivity index (χ4n) is 2.20. The lowest BCUT2D eigenvalue weighted by Gasteiger charge is -2.15. The third-order valence-electron chi connectivity index (χ3n) is 3.28. The highest BCUT2D eigenvalue weighted by atomic mass is 16.4. The smallest absolute Gasteiger partial charge is 0.317 e. The van der Waals surface area contributed by atoms with Gasteiger partial charge in [0.1, 0.15) is 5.76 Å². The maximum absolute atomic E-state index is 11.9. The molecule has 104 valence electrons. The van der Waals surface area contributed by atoms with Crippen molar-refractivity contribution in [3.05, 3.63) is 17.8 Å². The number of nitrogens with one attached hydrogen (secondary N) is 1. The largest absolute Gasteiger partial charge is 0.481 e. The third kappa shape index (κ3) is 3.04. The van der Waals surface area contributed by atoms with Crippen LogP contribution in [0.4, 0.5) is 4.79 Å². The quantitative estimate of drug-likeness (QED) is 0.846. The molecule has 7 nitrogen and oxygen atoms in total. The molecule has 0 bridgehead atoms. The van der Waals surface area contributed by atoms with Crippen molar-refractivity contribution in [2.75, 3.05) is 13.1 Å². The minimum atomic E-state index is -0.855. The van der Waals surface area contributed by atoms with Crippen molar-refractivity contribution < 1.29 is 19.1 Å². The molecule has 0 aromatic carbocycles. The monoisotopic (exact) mass is 267 g/mol. The molecule has 1 fully saturated rings. The Balaban J connectivity index is 1.86. The molecule has 2 heterocycles. The minimum Gasteiger partial charge on any atom is -0.481 e. The van der Waals surface area contributed by atoms with Crippen molar-refractivity contribution in [3.63, 3.8) is 0 Å².